The number of hydrogen-bond donors (Lipinski definition) is 1. The third-order valence-electron chi connectivity index (χ3n) is 3.44. The van der Waals surface area contributed by atoms with E-state index in [0.29, 0.717) is 5.56 Å². The first-order chi connectivity index (χ1) is 9.93. The molecule has 1 N–H and O–H groups in total. The second kappa shape index (κ2) is 6.31. The zero-order valence-electron chi connectivity index (χ0n) is 12.0. The maximum absolute atomic E-state index is 13.1. The van der Waals surface area contributed by atoms with Gasteiger partial charge in [-0.3, -0.25) is 0 Å². The van der Waals surface area contributed by atoms with E-state index < -0.39 is 11.7 Å². The predicted molar refractivity (Wildman–Crippen MR) is 79.0 cm³/mol. The Morgan fingerprint density at radius 2 is 1.76 bits per heavy atom. The van der Waals surface area contributed by atoms with Gasteiger partial charge in [-0.15, -0.1) is 0 Å². The Labute approximate surface area is 122 Å². The van der Waals surface area contributed by atoms with Crippen LogP contribution < -0.4 is 5.32 Å². The molecule has 112 valence electrons. The van der Waals surface area contributed by atoms with E-state index >= 15 is 0 Å². The van der Waals surface area contributed by atoms with Gasteiger partial charge >= 0.3 is 6.18 Å². The molecular weight excluding hydrogens is 275 g/mol. The highest BCUT2D eigenvalue weighted by Gasteiger charge is 2.33. The van der Waals surface area contributed by atoms with Crippen molar-refractivity contribution in [1.29, 1.82) is 0 Å². The van der Waals surface area contributed by atoms with E-state index in [1.165, 1.54) is 12.1 Å². The van der Waals surface area contributed by atoms with Gasteiger partial charge in [-0.05, 0) is 42.3 Å². The summed E-state index contributed by atoms with van der Waals surface area (Å²) in [6.45, 7) is 4.81. The molecule has 0 radical (unpaired) electrons. The molecule has 1 nitrogen and oxygen atoms in total. The van der Waals surface area contributed by atoms with Crippen molar-refractivity contribution in [1.82, 2.24) is 5.32 Å². The zero-order valence-corrected chi connectivity index (χ0v) is 12.0. The first-order valence-corrected chi connectivity index (χ1v) is 6.93. The molecule has 2 aromatic rings. The molecule has 4 heteroatoms. The number of hydrogen-bond acceptors (Lipinski definition) is 1. The van der Waals surface area contributed by atoms with Crippen LogP contribution in [0.3, 0.4) is 0 Å². The minimum Gasteiger partial charge on any atom is -0.310 e. The summed E-state index contributed by atoms with van der Waals surface area (Å²) in [5, 5.41) is 3.26. The summed E-state index contributed by atoms with van der Waals surface area (Å²) >= 11 is 0. The fourth-order valence-corrected chi connectivity index (χ4v) is 2.38. The van der Waals surface area contributed by atoms with Crippen molar-refractivity contribution in [2.24, 2.45) is 0 Å². The summed E-state index contributed by atoms with van der Waals surface area (Å²) in [6, 6.07) is 13.0. The zero-order chi connectivity index (χ0) is 15.5. The van der Waals surface area contributed by atoms with Crippen molar-refractivity contribution in [2.45, 2.75) is 26.1 Å². The summed E-state index contributed by atoms with van der Waals surface area (Å²) in [5.74, 6) is 0. The smallest absolute Gasteiger partial charge is 0.310 e. The molecule has 2 rings (SSSR count). The van der Waals surface area contributed by atoms with Crippen LogP contribution in [0.2, 0.25) is 0 Å². The molecule has 1 atom stereocenters. The molecule has 1 unspecified atom stereocenters. The third kappa shape index (κ3) is 3.64. The summed E-state index contributed by atoms with van der Waals surface area (Å²) in [4.78, 5) is 0. The number of benzene rings is 2. The molecule has 0 aliphatic rings. The summed E-state index contributed by atoms with van der Waals surface area (Å²) in [6.07, 6.45) is -4.35. The molecule has 0 aromatic heterocycles. The lowest BCUT2D eigenvalue weighted by molar-refractivity contribution is -0.137. The van der Waals surface area contributed by atoms with Crippen molar-refractivity contribution in [3.05, 3.63) is 59.7 Å². The van der Waals surface area contributed by atoms with Gasteiger partial charge in [0.1, 0.15) is 0 Å². The second-order valence-electron chi connectivity index (χ2n) is 4.95. The van der Waals surface area contributed by atoms with Crippen LogP contribution in [0.4, 0.5) is 13.2 Å². The average Bonchev–Trinajstić information content (AvgIpc) is 2.47. The standard InChI is InChI=1S/C17H18F3N/c1-3-21-12(2)13-7-6-8-14(11-13)15-9-4-5-10-16(15)17(18,19)20/h4-12,21H,3H2,1-2H3. The predicted octanol–water partition coefficient (Wildman–Crippen LogP) is 5.04. The van der Waals surface area contributed by atoms with E-state index in [-0.39, 0.29) is 11.6 Å². The fraction of sp³-hybridized carbons (Fsp3) is 0.294. The minimum atomic E-state index is -4.35. The van der Waals surface area contributed by atoms with E-state index in [1.807, 2.05) is 26.0 Å². The van der Waals surface area contributed by atoms with Crippen molar-refractivity contribution < 1.29 is 13.2 Å². The number of nitrogens with one attached hydrogen (secondary N) is 1. The second-order valence-corrected chi connectivity index (χ2v) is 4.95. The number of rotatable bonds is 4. The molecule has 0 heterocycles. The molecular formula is C17H18F3N. The largest absolute Gasteiger partial charge is 0.417 e. The molecule has 2 aromatic carbocycles. The lowest BCUT2D eigenvalue weighted by Crippen LogP contribution is -2.17. The van der Waals surface area contributed by atoms with Crippen LogP contribution in [-0.4, -0.2) is 6.54 Å². The Balaban J connectivity index is 2.46. The van der Waals surface area contributed by atoms with Gasteiger partial charge in [0.25, 0.3) is 0 Å². The van der Waals surface area contributed by atoms with Crippen LogP contribution >= 0.6 is 0 Å². The molecule has 21 heavy (non-hydrogen) atoms. The maximum atomic E-state index is 13.1. The van der Waals surface area contributed by atoms with Gasteiger partial charge < -0.3 is 5.32 Å². The van der Waals surface area contributed by atoms with Crippen LogP contribution in [0.15, 0.2) is 48.5 Å². The number of halogens is 3. The van der Waals surface area contributed by atoms with E-state index in [4.69, 9.17) is 0 Å². The van der Waals surface area contributed by atoms with E-state index in [2.05, 4.69) is 5.32 Å². The quantitative estimate of drug-likeness (QED) is 0.832. The van der Waals surface area contributed by atoms with E-state index in [1.54, 1.807) is 18.2 Å². The number of alkyl halides is 3. The van der Waals surface area contributed by atoms with Gasteiger partial charge in [-0.2, -0.15) is 13.2 Å². The lowest BCUT2D eigenvalue weighted by Gasteiger charge is -2.16. The summed E-state index contributed by atoms with van der Waals surface area (Å²) < 4.78 is 39.3. The molecule has 0 spiro atoms. The van der Waals surface area contributed by atoms with Crippen molar-refractivity contribution in [2.75, 3.05) is 6.54 Å². The highest BCUT2D eigenvalue weighted by molar-refractivity contribution is 5.68. The molecule has 0 saturated carbocycles. The molecule has 0 aliphatic heterocycles. The van der Waals surface area contributed by atoms with Gasteiger partial charge in [0.05, 0.1) is 5.56 Å². The lowest BCUT2D eigenvalue weighted by atomic mass is 9.96. The van der Waals surface area contributed by atoms with Gasteiger partial charge in [-0.25, -0.2) is 0 Å². The van der Waals surface area contributed by atoms with Crippen LogP contribution in [0, 0.1) is 0 Å². The van der Waals surface area contributed by atoms with E-state index in [9.17, 15) is 13.2 Å². The molecule has 0 bridgehead atoms. The Kier molecular flexibility index (Phi) is 4.68. The summed E-state index contributed by atoms with van der Waals surface area (Å²) in [7, 11) is 0. The highest BCUT2D eigenvalue weighted by Crippen LogP contribution is 2.37. The van der Waals surface area contributed by atoms with Crippen LogP contribution in [0.5, 0.6) is 0 Å². The van der Waals surface area contributed by atoms with Crippen LogP contribution in [0.25, 0.3) is 11.1 Å². The topological polar surface area (TPSA) is 12.0 Å². The van der Waals surface area contributed by atoms with Crippen LogP contribution in [-0.2, 0) is 6.18 Å². The Hall–Kier alpha value is -1.81. The summed E-state index contributed by atoms with van der Waals surface area (Å²) in [5.41, 5.74) is 1.19. The SMILES string of the molecule is CCNC(C)c1cccc(-c2ccccc2C(F)(F)F)c1. The maximum Gasteiger partial charge on any atom is 0.417 e. The van der Waals surface area contributed by atoms with Crippen molar-refractivity contribution in [3.63, 3.8) is 0 Å². The Morgan fingerprint density at radius 1 is 1.05 bits per heavy atom. The van der Waals surface area contributed by atoms with Gasteiger partial charge in [-0.1, -0.05) is 43.3 Å². The first-order valence-electron chi connectivity index (χ1n) is 6.93. The van der Waals surface area contributed by atoms with Crippen molar-refractivity contribution >= 4 is 0 Å². The fourth-order valence-electron chi connectivity index (χ4n) is 2.38. The highest BCUT2D eigenvalue weighted by atomic mass is 19.4. The molecule has 0 amide bonds. The first kappa shape index (κ1) is 15.6. The normalized spacial score (nSPS) is 13.2. The van der Waals surface area contributed by atoms with Crippen LogP contribution in [0.1, 0.15) is 31.0 Å². The molecule has 0 aliphatic carbocycles. The Bertz CT molecular complexity index is 605. The van der Waals surface area contributed by atoms with E-state index in [0.717, 1.165) is 18.2 Å². The van der Waals surface area contributed by atoms with Gasteiger partial charge in [0.2, 0.25) is 0 Å². The Morgan fingerprint density at radius 3 is 2.43 bits per heavy atom. The molecule has 0 fully saturated rings. The van der Waals surface area contributed by atoms with Gasteiger partial charge in [0.15, 0.2) is 0 Å². The molecule has 0 saturated heterocycles. The average molecular weight is 293 g/mol. The van der Waals surface area contributed by atoms with Crippen molar-refractivity contribution in [3.8, 4) is 11.1 Å². The minimum absolute atomic E-state index is 0.105. The van der Waals surface area contributed by atoms with Gasteiger partial charge in [0, 0.05) is 6.04 Å². The monoisotopic (exact) mass is 293 g/mol. The third-order valence-corrected chi connectivity index (χ3v) is 3.44.